The molecule has 1 atom stereocenters. The van der Waals surface area contributed by atoms with Gasteiger partial charge in [-0.15, -0.1) is 0 Å². The van der Waals surface area contributed by atoms with E-state index in [9.17, 15) is 0 Å². The van der Waals surface area contributed by atoms with Crippen molar-refractivity contribution in [2.24, 2.45) is 5.84 Å². The second-order valence-electron chi connectivity index (χ2n) is 4.44. The Kier molecular flexibility index (Phi) is 4.55. The number of pyridine rings is 1. The third kappa shape index (κ3) is 2.74. The van der Waals surface area contributed by atoms with Gasteiger partial charge in [0.1, 0.15) is 11.5 Å². The van der Waals surface area contributed by atoms with E-state index in [-0.39, 0.29) is 6.04 Å². The Labute approximate surface area is 118 Å². The van der Waals surface area contributed by atoms with Crippen LogP contribution < -0.4 is 20.7 Å². The van der Waals surface area contributed by atoms with Crippen LogP contribution in [0.2, 0.25) is 0 Å². The minimum atomic E-state index is -0.192. The van der Waals surface area contributed by atoms with Crippen LogP contribution in [0.3, 0.4) is 0 Å². The Morgan fingerprint density at radius 2 is 1.95 bits per heavy atom. The van der Waals surface area contributed by atoms with Gasteiger partial charge in [0.25, 0.3) is 0 Å². The summed E-state index contributed by atoms with van der Waals surface area (Å²) in [7, 11) is 3.27. The van der Waals surface area contributed by atoms with Crippen LogP contribution in [0, 0.1) is 6.92 Å². The fourth-order valence-electron chi connectivity index (χ4n) is 2.22. The molecule has 1 aromatic carbocycles. The van der Waals surface area contributed by atoms with Crippen molar-refractivity contribution in [3.8, 4) is 11.5 Å². The van der Waals surface area contributed by atoms with Crippen LogP contribution in [0.25, 0.3) is 0 Å². The maximum Gasteiger partial charge on any atom is 0.124 e. The van der Waals surface area contributed by atoms with Gasteiger partial charge in [-0.2, -0.15) is 0 Å². The Bertz CT molecular complexity index is 587. The van der Waals surface area contributed by atoms with Gasteiger partial charge in [0, 0.05) is 18.0 Å². The lowest BCUT2D eigenvalue weighted by molar-refractivity contribution is 0.394. The Morgan fingerprint density at radius 1 is 1.15 bits per heavy atom. The molecule has 0 bridgehead atoms. The molecule has 0 saturated heterocycles. The Hall–Kier alpha value is -2.11. The number of ether oxygens (including phenoxy) is 2. The van der Waals surface area contributed by atoms with E-state index in [1.807, 2.05) is 37.4 Å². The first-order valence-corrected chi connectivity index (χ1v) is 6.29. The zero-order chi connectivity index (χ0) is 14.5. The Morgan fingerprint density at radius 3 is 2.55 bits per heavy atom. The minimum absolute atomic E-state index is 0.192. The first-order valence-electron chi connectivity index (χ1n) is 6.29. The van der Waals surface area contributed by atoms with Crippen LogP contribution in [-0.4, -0.2) is 19.2 Å². The molecule has 0 spiro atoms. The van der Waals surface area contributed by atoms with Crippen LogP contribution in [0.5, 0.6) is 11.5 Å². The highest BCUT2D eigenvalue weighted by molar-refractivity contribution is 5.47. The van der Waals surface area contributed by atoms with E-state index in [2.05, 4.69) is 10.4 Å². The standard InChI is InChI=1S/C15H19N3O2/c1-10-9-17-7-6-12(10)15(18-16)13-8-11(19-2)4-5-14(13)20-3/h4-9,15,18H,16H2,1-3H3. The van der Waals surface area contributed by atoms with Gasteiger partial charge in [-0.05, 0) is 42.3 Å². The smallest absolute Gasteiger partial charge is 0.124 e. The van der Waals surface area contributed by atoms with Crippen LogP contribution >= 0.6 is 0 Å². The average molecular weight is 273 g/mol. The molecule has 1 heterocycles. The van der Waals surface area contributed by atoms with E-state index in [4.69, 9.17) is 15.3 Å². The molecule has 106 valence electrons. The number of methoxy groups -OCH3 is 2. The molecule has 0 saturated carbocycles. The molecule has 0 aliphatic rings. The molecule has 1 unspecified atom stereocenters. The van der Waals surface area contributed by atoms with Crippen molar-refractivity contribution in [1.82, 2.24) is 10.4 Å². The van der Waals surface area contributed by atoms with E-state index in [0.29, 0.717) is 0 Å². The molecule has 0 amide bonds. The number of hydrogen-bond acceptors (Lipinski definition) is 5. The summed E-state index contributed by atoms with van der Waals surface area (Å²) in [5, 5.41) is 0. The fraction of sp³-hybridized carbons (Fsp3) is 0.267. The molecule has 5 heteroatoms. The summed E-state index contributed by atoms with van der Waals surface area (Å²) in [6, 6.07) is 7.40. The molecular weight excluding hydrogens is 254 g/mol. The maximum atomic E-state index is 5.75. The van der Waals surface area contributed by atoms with Crippen LogP contribution in [0.1, 0.15) is 22.7 Å². The largest absolute Gasteiger partial charge is 0.497 e. The normalized spacial score (nSPS) is 12.0. The molecule has 1 aromatic heterocycles. The topological polar surface area (TPSA) is 69.4 Å². The minimum Gasteiger partial charge on any atom is -0.497 e. The average Bonchev–Trinajstić information content (AvgIpc) is 2.49. The van der Waals surface area contributed by atoms with Gasteiger partial charge in [0.05, 0.1) is 20.3 Å². The second-order valence-corrected chi connectivity index (χ2v) is 4.44. The molecule has 0 aliphatic carbocycles. The first-order chi connectivity index (χ1) is 9.71. The van der Waals surface area contributed by atoms with Crippen LogP contribution in [0.4, 0.5) is 0 Å². The number of nitrogens with two attached hydrogens (primary N) is 1. The van der Waals surface area contributed by atoms with Crippen molar-refractivity contribution in [2.75, 3.05) is 14.2 Å². The number of nitrogens with one attached hydrogen (secondary N) is 1. The summed E-state index contributed by atoms with van der Waals surface area (Å²) in [6.07, 6.45) is 3.56. The number of rotatable bonds is 5. The summed E-state index contributed by atoms with van der Waals surface area (Å²) >= 11 is 0. The van der Waals surface area contributed by atoms with E-state index in [1.54, 1.807) is 20.4 Å². The number of aryl methyl sites for hydroxylation is 1. The number of hydrazine groups is 1. The third-order valence-corrected chi connectivity index (χ3v) is 3.29. The van der Waals surface area contributed by atoms with Crippen molar-refractivity contribution in [1.29, 1.82) is 0 Å². The maximum absolute atomic E-state index is 5.75. The van der Waals surface area contributed by atoms with E-state index < -0.39 is 0 Å². The molecule has 3 N–H and O–H groups in total. The van der Waals surface area contributed by atoms with Crippen LogP contribution in [0.15, 0.2) is 36.7 Å². The number of aromatic nitrogens is 1. The molecule has 0 fully saturated rings. The van der Waals surface area contributed by atoms with Crippen LogP contribution in [-0.2, 0) is 0 Å². The molecule has 0 aliphatic heterocycles. The summed E-state index contributed by atoms with van der Waals surface area (Å²) in [5.74, 6) is 7.27. The molecular formula is C15H19N3O2. The third-order valence-electron chi connectivity index (χ3n) is 3.29. The predicted molar refractivity (Wildman–Crippen MR) is 77.7 cm³/mol. The van der Waals surface area contributed by atoms with E-state index >= 15 is 0 Å². The van der Waals surface area contributed by atoms with Gasteiger partial charge in [0.2, 0.25) is 0 Å². The van der Waals surface area contributed by atoms with Gasteiger partial charge in [-0.1, -0.05) is 0 Å². The highest BCUT2D eigenvalue weighted by Crippen LogP contribution is 2.33. The lowest BCUT2D eigenvalue weighted by Crippen LogP contribution is -2.29. The van der Waals surface area contributed by atoms with Crippen molar-refractivity contribution >= 4 is 0 Å². The van der Waals surface area contributed by atoms with Gasteiger partial charge in [-0.25, -0.2) is 5.43 Å². The monoisotopic (exact) mass is 273 g/mol. The number of benzene rings is 1. The van der Waals surface area contributed by atoms with Crippen molar-refractivity contribution in [3.63, 3.8) is 0 Å². The Balaban J connectivity index is 2.54. The quantitative estimate of drug-likeness (QED) is 0.644. The van der Waals surface area contributed by atoms with Crippen molar-refractivity contribution < 1.29 is 9.47 Å². The highest BCUT2D eigenvalue weighted by Gasteiger charge is 2.19. The molecule has 5 nitrogen and oxygen atoms in total. The molecule has 0 radical (unpaired) electrons. The number of nitrogens with zero attached hydrogens (tertiary/aromatic N) is 1. The van der Waals surface area contributed by atoms with Gasteiger partial charge in [0.15, 0.2) is 0 Å². The highest BCUT2D eigenvalue weighted by atomic mass is 16.5. The molecule has 20 heavy (non-hydrogen) atoms. The fourth-order valence-corrected chi connectivity index (χ4v) is 2.22. The molecule has 2 aromatic rings. The molecule has 2 rings (SSSR count). The second kappa shape index (κ2) is 6.36. The van der Waals surface area contributed by atoms with E-state index in [0.717, 1.165) is 28.2 Å². The SMILES string of the molecule is COc1ccc(OC)c(C(NN)c2ccncc2C)c1. The van der Waals surface area contributed by atoms with Crippen molar-refractivity contribution in [3.05, 3.63) is 53.3 Å². The first kappa shape index (κ1) is 14.3. The zero-order valence-electron chi connectivity index (χ0n) is 11.9. The lowest BCUT2D eigenvalue weighted by atomic mass is 9.96. The van der Waals surface area contributed by atoms with Crippen molar-refractivity contribution in [2.45, 2.75) is 13.0 Å². The van der Waals surface area contributed by atoms with Gasteiger partial charge in [-0.3, -0.25) is 10.8 Å². The van der Waals surface area contributed by atoms with Gasteiger partial charge < -0.3 is 9.47 Å². The summed E-state index contributed by atoms with van der Waals surface area (Å²) in [4.78, 5) is 4.11. The number of hydrogen-bond donors (Lipinski definition) is 2. The zero-order valence-corrected chi connectivity index (χ0v) is 11.9. The van der Waals surface area contributed by atoms with Gasteiger partial charge >= 0.3 is 0 Å². The summed E-state index contributed by atoms with van der Waals surface area (Å²) in [5.41, 5.74) is 5.86. The predicted octanol–water partition coefficient (Wildman–Crippen LogP) is 1.96. The summed E-state index contributed by atoms with van der Waals surface area (Å²) < 4.78 is 10.7. The van der Waals surface area contributed by atoms with E-state index in [1.165, 1.54) is 0 Å². The summed E-state index contributed by atoms with van der Waals surface area (Å²) in [6.45, 7) is 2.00. The lowest BCUT2D eigenvalue weighted by Gasteiger charge is -2.21.